The summed E-state index contributed by atoms with van der Waals surface area (Å²) in [6, 6.07) is 6.61. The summed E-state index contributed by atoms with van der Waals surface area (Å²) < 4.78 is 0. The molecular weight excluding hydrogens is 285 g/mol. The smallest absolute Gasteiger partial charge is 0.0603 e. The molecule has 18 heavy (non-hydrogen) atoms. The van der Waals surface area contributed by atoms with Crippen LogP contribution in [0.4, 0.5) is 0 Å². The van der Waals surface area contributed by atoms with E-state index in [2.05, 4.69) is 18.3 Å². The Kier molecular flexibility index (Phi) is 5.68. The van der Waals surface area contributed by atoms with Gasteiger partial charge in [-0.05, 0) is 44.0 Å². The Morgan fingerprint density at radius 3 is 2.83 bits per heavy atom. The fourth-order valence-corrected chi connectivity index (χ4v) is 4.16. The minimum Gasteiger partial charge on any atom is -0.314 e. The van der Waals surface area contributed by atoms with E-state index in [0.29, 0.717) is 21.3 Å². The summed E-state index contributed by atoms with van der Waals surface area (Å²) >= 11 is 13.9. The van der Waals surface area contributed by atoms with Crippen molar-refractivity contribution in [3.63, 3.8) is 0 Å². The van der Waals surface area contributed by atoms with E-state index in [9.17, 15) is 0 Å². The molecule has 4 heteroatoms. The van der Waals surface area contributed by atoms with E-state index in [-0.39, 0.29) is 0 Å². The van der Waals surface area contributed by atoms with E-state index in [1.54, 1.807) is 0 Å². The van der Waals surface area contributed by atoms with E-state index >= 15 is 0 Å². The maximum absolute atomic E-state index is 6.05. The van der Waals surface area contributed by atoms with Gasteiger partial charge in [-0.1, -0.05) is 36.5 Å². The molecule has 1 aliphatic rings. The van der Waals surface area contributed by atoms with Crippen molar-refractivity contribution in [2.75, 3.05) is 6.54 Å². The Morgan fingerprint density at radius 2 is 2.11 bits per heavy atom. The Labute approximate surface area is 124 Å². The Balaban J connectivity index is 1.93. The zero-order chi connectivity index (χ0) is 13.0. The monoisotopic (exact) mass is 303 g/mol. The van der Waals surface area contributed by atoms with Crippen LogP contribution in [0.15, 0.2) is 23.1 Å². The molecule has 0 spiro atoms. The number of nitrogens with one attached hydrogen (secondary N) is 1. The van der Waals surface area contributed by atoms with E-state index in [0.717, 1.165) is 6.54 Å². The molecule has 0 bridgehead atoms. The minimum atomic E-state index is 0.634. The van der Waals surface area contributed by atoms with Crippen LogP contribution in [0.5, 0.6) is 0 Å². The van der Waals surface area contributed by atoms with Crippen molar-refractivity contribution in [2.45, 2.75) is 48.8 Å². The van der Waals surface area contributed by atoms with Gasteiger partial charge in [-0.15, -0.1) is 11.8 Å². The fraction of sp³-hybridized carbons (Fsp3) is 0.571. The van der Waals surface area contributed by atoms with Gasteiger partial charge in [0, 0.05) is 16.2 Å². The third-order valence-corrected chi connectivity index (χ3v) is 5.34. The first-order chi connectivity index (χ1) is 8.69. The molecule has 1 fully saturated rings. The summed E-state index contributed by atoms with van der Waals surface area (Å²) in [6.45, 7) is 3.24. The van der Waals surface area contributed by atoms with Crippen molar-refractivity contribution in [1.82, 2.24) is 5.32 Å². The maximum atomic E-state index is 6.05. The first-order valence-corrected chi connectivity index (χ1v) is 8.17. The van der Waals surface area contributed by atoms with Crippen LogP contribution in [0.3, 0.4) is 0 Å². The lowest BCUT2D eigenvalue weighted by Crippen LogP contribution is -2.34. The summed E-state index contributed by atoms with van der Waals surface area (Å²) in [5, 5.41) is 5.54. The lowest BCUT2D eigenvalue weighted by Gasteiger charge is -2.29. The Bertz CT molecular complexity index is 395. The van der Waals surface area contributed by atoms with Crippen LogP contribution in [-0.4, -0.2) is 17.8 Å². The molecule has 1 aromatic carbocycles. The molecule has 100 valence electrons. The highest BCUT2D eigenvalue weighted by Gasteiger charge is 2.22. The number of hydrogen-bond acceptors (Lipinski definition) is 2. The highest BCUT2D eigenvalue weighted by Crippen LogP contribution is 2.36. The average Bonchev–Trinajstić information content (AvgIpc) is 2.35. The molecule has 0 saturated heterocycles. The van der Waals surface area contributed by atoms with E-state index in [1.807, 2.05) is 23.9 Å². The van der Waals surface area contributed by atoms with Crippen molar-refractivity contribution in [3.05, 3.63) is 28.2 Å². The molecule has 1 saturated carbocycles. The predicted octanol–water partition coefficient (Wildman–Crippen LogP) is 5.01. The summed E-state index contributed by atoms with van der Waals surface area (Å²) in [5.41, 5.74) is 0. The number of benzene rings is 1. The van der Waals surface area contributed by atoms with Gasteiger partial charge in [0.25, 0.3) is 0 Å². The third kappa shape index (κ3) is 4.06. The molecular formula is C14H19Cl2NS. The maximum Gasteiger partial charge on any atom is 0.0603 e. The summed E-state index contributed by atoms with van der Waals surface area (Å²) in [5.74, 6) is 0. The highest BCUT2D eigenvalue weighted by molar-refractivity contribution is 8.00. The van der Waals surface area contributed by atoms with Gasteiger partial charge in [0.2, 0.25) is 0 Å². The van der Waals surface area contributed by atoms with Crippen molar-refractivity contribution in [1.29, 1.82) is 0 Å². The van der Waals surface area contributed by atoms with E-state index in [4.69, 9.17) is 23.2 Å². The van der Waals surface area contributed by atoms with Gasteiger partial charge < -0.3 is 5.32 Å². The Hall–Kier alpha value is 0.110. The van der Waals surface area contributed by atoms with Crippen molar-refractivity contribution in [3.8, 4) is 0 Å². The number of hydrogen-bond donors (Lipinski definition) is 1. The third-order valence-electron chi connectivity index (χ3n) is 3.31. The standard InChI is InChI=1S/C14H19Cl2NS/c1-2-17-10-4-3-5-11(8-10)18-12-6-7-13(15)14(16)9-12/h6-7,9-11,17H,2-5,8H2,1H3. The second-order valence-corrected chi connectivity index (χ2v) is 6.93. The molecule has 1 N–H and O–H groups in total. The quantitative estimate of drug-likeness (QED) is 0.839. The van der Waals surface area contributed by atoms with Gasteiger partial charge >= 0.3 is 0 Å². The van der Waals surface area contributed by atoms with Crippen molar-refractivity contribution in [2.24, 2.45) is 0 Å². The van der Waals surface area contributed by atoms with Crippen LogP contribution in [0.25, 0.3) is 0 Å². The largest absolute Gasteiger partial charge is 0.314 e. The highest BCUT2D eigenvalue weighted by atomic mass is 35.5. The molecule has 0 aromatic heterocycles. The van der Waals surface area contributed by atoms with Gasteiger partial charge in [0.1, 0.15) is 0 Å². The summed E-state index contributed by atoms with van der Waals surface area (Å²) in [7, 11) is 0. The van der Waals surface area contributed by atoms with Crippen LogP contribution in [0.2, 0.25) is 10.0 Å². The average molecular weight is 304 g/mol. The lowest BCUT2D eigenvalue weighted by atomic mass is 9.95. The number of thioether (sulfide) groups is 1. The summed E-state index contributed by atoms with van der Waals surface area (Å²) in [4.78, 5) is 1.23. The van der Waals surface area contributed by atoms with Crippen molar-refractivity contribution < 1.29 is 0 Å². The first kappa shape index (κ1) is 14.5. The zero-order valence-corrected chi connectivity index (χ0v) is 12.9. The SMILES string of the molecule is CCNC1CCCC(Sc2ccc(Cl)c(Cl)c2)C1. The topological polar surface area (TPSA) is 12.0 Å². The molecule has 1 aliphatic carbocycles. The number of rotatable bonds is 4. The number of halogens is 2. The van der Waals surface area contributed by atoms with Gasteiger partial charge in [0.15, 0.2) is 0 Å². The first-order valence-electron chi connectivity index (χ1n) is 6.54. The molecule has 2 atom stereocenters. The Morgan fingerprint density at radius 1 is 1.28 bits per heavy atom. The lowest BCUT2D eigenvalue weighted by molar-refractivity contribution is 0.388. The second-order valence-electron chi connectivity index (χ2n) is 4.74. The van der Waals surface area contributed by atoms with Gasteiger partial charge in [-0.2, -0.15) is 0 Å². The molecule has 0 amide bonds. The zero-order valence-electron chi connectivity index (χ0n) is 10.6. The van der Waals surface area contributed by atoms with E-state index < -0.39 is 0 Å². The normalized spacial score (nSPS) is 24.2. The van der Waals surface area contributed by atoms with E-state index in [1.165, 1.54) is 30.6 Å². The second kappa shape index (κ2) is 7.04. The van der Waals surface area contributed by atoms with Crippen LogP contribution in [0, 0.1) is 0 Å². The molecule has 0 heterocycles. The molecule has 1 nitrogen and oxygen atoms in total. The molecule has 1 aromatic rings. The predicted molar refractivity (Wildman–Crippen MR) is 82.0 cm³/mol. The fourth-order valence-electron chi connectivity index (χ4n) is 2.47. The molecule has 2 unspecified atom stereocenters. The molecule has 0 radical (unpaired) electrons. The van der Waals surface area contributed by atoms with Gasteiger partial charge in [0.05, 0.1) is 10.0 Å². The van der Waals surface area contributed by atoms with Crippen LogP contribution < -0.4 is 5.32 Å². The molecule has 2 rings (SSSR count). The molecule has 0 aliphatic heterocycles. The van der Waals surface area contributed by atoms with Crippen molar-refractivity contribution >= 4 is 35.0 Å². The van der Waals surface area contributed by atoms with Gasteiger partial charge in [-0.3, -0.25) is 0 Å². The van der Waals surface area contributed by atoms with Crippen LogP contribution >= 0.6 is 35.0 Å². The van der Waals surface area contributed by atoms with Crippen LogP contribution in [-0.2, 0) is 0 Å². The van der Waals surface area contributed by atoms with Crippen LogP contribution in [0.1, 0.15) is 32.6 Å². The minimum absolute atomic E-state index is 0.634. The summed E-state index contributed by atoms with van der Waals surface area (Å²) in [6.07, 6.45) is 5.18. The van der Waals surface area contributed by atoms with Gasteiger partial charge in [-0.25, -0.2) is 0 Å².